The summed E-state index contributed by atoms with van der Waals surface area (Å²) in [6.07, 6.45) is -0.879. The van der Waals surface area contributed by atoms with Crippen molar-refractivity contribution in [1.82, 2.24) is 4.98 Å². The number of anilines is 2. The van der Waals surface area contributed by atoms with Crippen LogP contribution in [0.5, 0.6) is 5.75 Å². The molecule has 0 aliphatic carbocycles. The predicted molar refractivity (Wildman–Crippen MR) is 107 cm³/mol. The third kappa shape index (κ3) is 4.03. The first-order valence-corrected chi connectivity index (χ1v) is 9.11. The Morgan fingerprint density at radius 2 is 1.72 bits per heavy atom. The molecule has 0 fully saturated rings. The second-order valence-corrected chi connectivity index (χ2v) is 6.54. The van der Waals surface area contributed by atoms with Crippen molar-refractivity contribution in [2.75, 3.05) is 17.2 Å². The highest BCUT2D eigenvalue weighted by atomic mass is 16.5. The SMILES string of the molecule is Nc1ccc2c(n1)N(CC(=O)OCc1ccccc1)C(=O)C(c1ccccc1)O2. The molecule has 2 heterocycles. The molecule has 2 N–H and O–H groups in total. The third-order valence-corrected chi connectivity index (χ3v) is 4.48. The minimum atomic E-state index is -0.879. The molecule has 1 amide bonds. The van der Waals surface area contributed by atoms with Gasteiger partial charge in [0, 0.05) is 5.56 Å². The Hall–Kier alpha value is -3.87. The monoisotopic (exact) mass is 389 g/mol. The highest BCUT2D eigenvalue weighted by Gasteiger charge is 2.38. The van der Waals surface area contributed by atoms with E-state index in [-0.39, 0.29) is 24.8 Å². The Morgan fingerprint density at radius 1 is 1.03 bits per heavy atom. The number of hydrogen-bond donors (Lipinski definition) is 1. The van der Waals surface area contributed by atoms with Gasteiger partial charge in [-0.2, -0.15) is 0 Å². The van der Waals surface area contributed by atoms with E-state index in [1.165, 1.54) is 4.90 Å². The van der Waals surface area contributed by atoms with E-state index < -0.39 is 18.0 Å². The van der Waals surface area contributed by atoms with E-state index in [1.807, 2.05) is 48.5 Å². The van der Waals surface area contributed by atoms with Crippen molar-refractivity contribution < 1.29 is 19.1 Å². The predicted octanol–water partition coefficient (Wildman–Crippen LogP) is 2.87. The first-order chi connectivity index (χ1) is 14.1. The lowest BCUT2D eigenvalue weighted by Gasteiger charge is -2.33. The van der Waals surface area contributed by atoms with Gasteiger partial charge in [-0.3, -0.25) is 14.5 Å². The van der Waals surface area contributed by atoms with Gasteiger partial charge < -0.3 is 15.2 Å². The maximum absolute atomic E-state index is 13.1. The van der Waals surface area contributed by atoms with E-state index in [0.29, 0.717) is 11.3 Å². The zero-order valence-electron chi connectivity index (χ0n) is 15.5. The quantitative estimate of drug-likeness (QED) is 0.674. The number of benzene rings is 2. The molecule has 0 bridgehead atoms. The summed E-state index contributed by atoms with van der Waals surface area (Å²) >= 11 is 0. The number of carbonyl (C=O) groups is 2. The summed E-state index contributed by atoms with van der Waals surface area (Å²) in [5, 5.41) is 0. The minimum Gasteiger partial charge on any atom is -0.472 e. The number of nitrogens with zero attached hydrogens (tertiary/aromatic N) is 2. The highest BCUT2D eigenvalue weighted by molar-refractivity contribution is 6.02. The van der Waals surface area contributed by atoms with Gasteiger partial charge >= 0.3 is 5.97 Å². The average Bonchev–Trinajstić information content (AvgIpc) is 2.75. The largest absolute Gasteiger partial charge is 0.472 e. The van der Waals surface area contributed by atoms with Crippen LogP contribution in [0.15, 0.2) is 72.8 Å². The number of carbonyl (C=O) groups excluding carboxylic acids is 2. The second-order valence-electron chi connectivity index (χ2n) is 6.54. The first kappa shape index (κ1) is 18.5. The van der Waals surface area contributed by atoms with E-state index in [9.17, 15) is 9.59 Å². The van der Waals surface area contributed by atoms with Crippen LogP contribution in [0.2, 0.25) is 0 Å². The number of rotatable bonds is 5. The Labute approximate surface area is 167 Å². The summed E-state index contributed by atoms with van der Waals surface area (Å²) in [6, 6.07) is 21.6. The zero-order chi connectivity index (χ0) is 20.2. The summed E-state index contributed by atoms with van der Waals surface area (Å²) in [5.74, 6) is -0.145. The molecule has 1 aliphatic heterocycles. The molecular formula is C22H19N3O4. The second kappa shape index (κ2) is 8.02. The Bertz CT molecular complexity index is 1020. The van der Waals surface area contributed by atoms with E-state index in [4.69, 9.17) is 15.2 Å². The molecule has 4 rings (SSSR count). The van der Waals surface area contributed by atoms with Crippen LogP contribution in [0.25, 0.3) is 0 Å². The van der Waals surface area contributed by atoms with E-state index in [2.05, 4.69) is 4.98 Å². The minimum absolute atomic E-state index is 0.123. The zero-order valence-corrected chi connectivity index (χ0v) is 15.5. The summed E-state index contributed by atoms with van der Waals surface area (Å²) < 4.78 is 11.2. The summed E-state index contributed by atoms with van der Waals surface area (Å²) in [7, 11) is 0. The normalized spacial score (nSPS) is 15.4. The Balaban J connectivity index is 1.57. The molecular weight excluding hydrogens is 370 g/mol. The number of hydrogen-bond acceptors (Lipinski definition) is 6. The molecule has 2 aromatic carbocycles. The molecule has 0 radical (unpaired) electrons. The van der Waals surface area contributed by atoms with Gasteiger partial charge in [-0.25, -0.2) is 4.98 Å². The Morgan fingerprint density at radius 3 is 2.45 bits per heavy atom. The lowest BCUT2D eigenvalue weighted by molar-refractivity contribution is -0.144. The van der Waals surface area contributed by atoms with Crippen molar-refractivity contribution in [3.8, 4) is 5.75 Å². The smallest absolute Gasteiger partial charge is 0.326 e. The van der Waals surface area contributed by atoms with Crippen molar-refractivity contribution in [3.63, 3.8) is 0 Å². The van der Waals surface area contributed by atoms with Crippen LogP contribution in [0.1, 0.15) is 17.2 Å². The fourth-order valence-corrected chi connectivity index (χ4v) is 3.06. The number of pyridine rings is 1. The number of ether oxygens (including phenoxy) is 2. The van der Waals surface area contributed by atoms with Gasteiger partial charge in [-0.1, -0.05) is 60.7 Å². The van der Waals surface area contributed by atoms with Gasteiger partial charge in [-0.05, 0) is 17.7 Å². The molecule has 1 aromatic heterocycles. The highest BCUT2D eigenvalue weighted by Crippen LogP contribution is 2.37. The van der Waals surface area contributed by atoms with Gasteiger partial charge in [0.05, 0.1) is 0 Å². The summed E-state index contributed by atoms with van der Waals surface area (Å²) in [6.45, 7) is -0.167. The maximum atomic E-state index is 13.1. The number of nitrogens with two attached hydrogens (primary N) is 1. The Kier molecular flexibility index (Phi) is 5.11. The number of amides is 1. The summed E-state index contributed by atoms with van der Waals surface area (Å²) in [5.41, 5.74) is 7.32. The maximum Gasteiger partial charge on any atom is 0.326 e. The number of fused-ring (bicyclic) bond motifs is 1. The first-order valence-electron chi connectivity index (χ1n) is 9.11. The van der Waals surface area contributed by atoms with E-state index in [0.717, 1.165) is 5.56 Å². The molecule has 146 valence electrons. The van der Waals surface area contributed by atoms with Crippen LogP contribution in [0, 0.1) is 0 Å². The van der Waals surface area contributed by atoms with Gasteiger partial charge in [-0.15, -0.1) is 0 Å². The molecule has 3 aromatic rings. The molecule has 0 saturated carbocycles. The van der Waals surface area contributed by atoms with Crippen molar-refractivity contribution in [2.24, 2.45) is 0 Å². The fourth-order valence-electron chi connectivity index (χ4n) is 3.06. The van der Waals surface area contributed by atoms with Crippen molar-refractivity contribution in [1.29, 1.82) is 0 Å². The molecule has 1 aliphatic rings. The van der Waals surface area contributed by atoms with Crippen LogP contribution in [-0.2, 0) is 20.9 Å². The van der Waals surface area contributed by atoms with Crippen LogP contribution in [0.4, 0.5) is 11.6 Å². The van der Waals surface area contributed by atoms with E-state index >= 15 is 0 Å². The number of aromatic nitrogens is 1. The van der Waals surface area contributed by atoms with Crippen LogP contribution in [0.3, 0.4) is 0 Å². The molecule has 0 saturated heterocycles. The lowest BCUT2D eigenvalue weighted by Crippen LogP contribution is -2.44. The topological polar surface area (TPSA) is 94.8 Å². The van der Waals surface area contributed by atoms with Crippen LogP contribution >= 0.6 is 0 Å². The molecule has 1 unspecified atom stereocenters. The third-order valence-electron chi connectivity index (χ3n) is 4.48. The number of esters is 1. The summed E-state index contributed by atoms with van der Waals surface area (Å²) in [4.78, 5) is 31.0. The molecule has 1 atom stereocenters. The van der Waals surface area contributed by atoms with Crippen molar-refractivity contribution in [3.05, 3.63) is 83.9 Å². The molecule has 7 nitrogen and oxygen atoms in total. The van der Waals surface area contributed by atoms with Gasteiger partial charge in [0.15, 0.2) is 11.6 Å². The van der Waals surface area contributed by atoms with Crippen LogP contribution in [-0.4, -0.2) is 23.4 Å². The van der Waals surface area contributed by atoms with Gasteiger partial charge in [0.2, 0.25) is 6.10 Å². The molecule has 7 heteroatoms. The number of nitrogen functional groups attached to an aromatic ring is 1. The van der Waals surface area contributed by atoms with Gasteiger partial charge in [0.25, 0.3) is 5.91 Å². The van der Waals surface area contributed by atoms with Crippen molar-refractivity contribution in [2.45, 2.75) is 12.7 Å². The fraction of sp³-hybridized carbons (Fsp3) is 0.136. The van der Waals surface area contributed by atoms with E-state index in [1.54, 1.807) is 24.3 Å². The van der Waals surface area contributed by atoms with Crippen molar-refractivity contribution >= 4 is 23.5 Å². The molecule has 29 heavy (non-hydrogen) atoms. The molecule has 0 spiro atoms. The van der Waals surface area contributed by atoms with Crippen LogP contribution < -0.4 is 15.4 Å². The lowest BCUT2D eigenvalue weighted by atomic mass is 10.1. The van der Waals surface area contributed by atoms with Gasteiger partial charge in [0.1, 0.15) is 19.0 Å². The standard InChI is InChI=1S/C22H19N3O4/c23-18-12-11-17-21(24-18)25(13-19(26)28-14-15-7-3-1-4-8-15)22(27)20(29-17)16-9-5-2-6-10-16/h1-12,20H,13-14H2,(H2,23,24). The average molecular weight is 389 g/mol.